The Kier molecular flexibility index (Phi) is 3.66. The van der Waals surface area contributed by atoms with Gasteiger partial charge >= 0.3 is 5.97 Å². The van der Waals surface area contributed by atoms with Gasteiger partial charge in [-0.3, -0.25) is 4.79 Å². The molecule has 2 rings (SSSR count). The summed E-state index contributed by atoms with van der Waals surface area (Å²) in [5.41, 5.74) is 0.363. The van der Waals surface area contributed by atoms with E-state index in [0.29, 0.717) is 12.1 Å². The average Bonchev–Trinajstić information content (AvgIpc) is 2.78. The standard InChI is InChI=1S/C14H14FNO2S/c1-14(2,13(17)18)11-8-19-12(16-11)7-9-4-3-5-10(15)6-9/h3-6,8H,7H2,1-2H3,(H,17,18). The Morgan fingerprint density at radius 1 is 1.47 bits per heavy atom. The lowest BCUT2D eigenvalue weighted by atomic mass is 9.90. The minimum Gasteiger partial charge on any atom is -0.481 e. The molecule has 1 aromatic carbocycles. The molecule has 0 radical (unpaired) electrons. The van der Waals surface area contributed by atoms with E-state index in [1.165, 1.54) is 23.5 Å². The van der Waals surface area contributed by atoms with Gasteiger partial charge in [0.1, 0.15) is 11.2 Å². The lowest BCUT2D eigenvalue weighted by Gasteiger charge is -2.15. The van der Waals surface area contributed by atoms with Gasteiger partial charge in [0.05, 0.1) is 10.7 Å². The van der Waals surface area contributed by atoms with Gasteiger partial charge in [0, 0.05) is 11.8 Å². The number of thiazole rings is 1. The molecule has 1 heterocycles. The summed E-state index contributed by atoms with van der Waals surface area (Å²) in [4.78, 5) is 15.5. The number of nitrogens with zero attached hydrogens (tertiary/aromatic N) is 1. The van der Waals surface area contributed by atoms with Crippen molar-refractivity contribution in [1.29, 1.82) is 0 Å². The maximum absolute atomic E-state index is 13.1. The van der Waals surface area contributed by atoms with Crippen LogP contribution in [0.3, 0.4) is 0 Å². The summed E-state index contributed by atoms with van der Waals surface area (Å²) in [5.74, 6) is -1.18. The number of aliphatic carboxylic acids is 1. The fourth-order valence-corrected chi connectivity index (χ4v) is 2.61. The number of aromatic nitrogens is 1. The minimum absolute atomic E-state index is 0.278. The summed E-state index contributed by atoms with van der Waals surface area (Å²) in [6.45, 7) is 3.24. The molecule has 0 unspecified atom stereocenters. The monoisotopic (exact) mass is 279 g/mol. The number of hydrogen-bond donors (Lipinski definition) is 1. The van der Waals surface area contributed by atoms with Crippen LogP contribution in [-0.4, -0.2) is 16.1 Å². The van der Waals surface area contributed by atoms with Gasteiger partial charge in [-0.1, -0.05) is 12.1 Å². The predicted molar refractivity (Wildman–Crippen MR) is 72.0 cm³/mol. The van der Waals surface area contributed by atoms with Crippen LogP contribution < -0.4 is 0 Å². The Bertz CT molecular complexity index is 607. The summed E-state index contributed by atoms with van der Waals surface area (Å²) in [6, 6.07) is 6.33. The fourth-order valence-electron chi connectivity index (χ4n) is 1.61. The Hall–Kier alpha value is -1.75. The highest BCUT2D eigenvalue weighted by molar-refractivity contribution is 7.09. The minimum atomic E-state index is -1.00. The van der Waals surface area contributed by atoms with Crippen LogP contribution in [0, 0.1) is 5.82 Å². The van der Waals surface area contributed by atoms with Crippen molar-refractivity contribution in [2.75, 3.05) is 0 Å². The van der Waals surface area contributed by atoms with E-state index >= 15 is 0 Å². The highest BCUT2D eigenvalue weighted by Gasteiger charge is 2.32. The van der Waals surface area contributed by atoms with E-state index in [1.807, 2.05) is 6.07 Å². The summed E-state index contributed by atoms with van der Waals surface area (Å²) >= 11 is 1.40. The third-order valence-corrected chi connectivity index (χ3v) is 3.82. The molecule has 0 aliphatic carbocycles. The van der Waals surface area contributed by atoms with E-state index in [9.17, 15) is 9.18 Å². The molecule has 0 fully saturated rings. The van der Waals surface area contributed by atoms with Crippen LogP contribution in [0.4, 0.5) is 4.39 Å². The Morgan fingerprint density at radius 3 is 2.84 bits per heavy atom. The zero-order valence-corrected chi connectivity index (χ0v) is 11.5. The summed E-state index contributed by atoms with van der Waals surface area (Å²) in [5, 5.41) is 11.7. The van der Waals surface area contributed by atoms with Crippen LogP contribution in [0.2, 0.25) is 0 Å². The summed E-state index contributed by atoms with van der Waals surface area (Å²) in [7, 11) is 0. The molecule has 1 aromatic heterocycles. The average molecular weight is 279 g/mol. The molecular weight excluding hydrogens is 265 g/mol. The van der Waals surface area contributed by atoms with Crippen molar-refractivity contribution in [3.05, 3.63) is 51.7 Å². The van der Waals surface area contributed by atoms with Crippen molar-refractivity contribution in [1.82, 2.24) is 4.98 Å². The predicted octanol–water partition coefficient (Wildman–Crippen LogP) is 3.24. The SMILES string of the molecule is CC(C)(C(=O)O)c1csc(Cc2cccc(F)c2)n1. The highest BCUT2D eigenvalue weighted by atomic mass is 32.1. The van der Waals surface area contributed by atoms with Crippen molar-refractivity contribution < 1.29 is 14.3 Å². The number of carboxylic acids is 1. The van der Waals surface area contributed by atoms with E-state index in [0.717, 1.165) is 10.6 Å². The zero-order valence-electron chi connectivity index (χ0n) is 10.7. The normalized spacial score (nSPS) is 11.5. The lowest BCUT2D eigenvalue weighted by molar-refractivity contribution is -0.142. The molecule has 0 aliphatic heterocycles. The van der Waals surface area contributed by atoms with E-state index in [2.05, 4.69) is 4.98 Å². The first-order valence-corrected chi connectivity index (χ1v) is 6.70. The van der Waals surface area contributed by atoms with Crippen LogP contribution in [0.25, 0.3) is 0 Å². The number of carbonyl (C=O) groups is 1. The van der Waals surface area contributed by atoms with Crippen LogP contribution in [0.1, 0.15) is 30.1 Å². The van der Waals surface area contributed by atoms with Crippen LogP contribution in [0.15, 0.2) is 29.6 Å². The van der Waals surface area contributed by atoms with Crippen molar-refractivity contribution in [2.45, 2.75) is 25.7 Å². The van der Waals surface area contributed by atoms with Crippen molar-refractivity contribution in [3.63, 3.8) is 0 Å². The van der Waals surface area contributed by atoms with Crippen LogP contribution in [0.5, 0.6) is 0 Å². The van der Waals surface area contributed by atoms with Crippen molar-refractivity contribution in [3.8, 4) is 0 Å². The molecule has 0 amide bonds. The van der Waals surface area contributed by atoms with E-state index < -0.39 is 11.4 Å². The molecule has 0 bridgehead atoms. The third kappa shape index (κ3) is 2.98. The number of rotatable bonds is 4. The van der Waals surface area contributed by atoms with E-state index in [1.54, 1.807) is 25.3 Å². The second-order valence-corrected chi connectivity index (χ2v) is 5.81. The molecule has 5 heteroatoms. The first kappa shape index (κ1) is 13.7. The number of benzene rings is 1. The number of hydrogen-bond acceptors (Lipinski definition) is 3. The first-order chi connectivity index (χ1) is 8.89. The van der Waals surface area contributed by atoms with Gasteiger partial charge in [-0.05, 0) is 31.5 Å². The molecule has 0 atom stereocenters. The van der Waals surface area contributed by atoms with Crippen LogP contribution >= 0.6 is 11.3 Å². The second kappa shape index (κ2) is 5.09. The molecule has 0 spiro atoms. The second-order valence-electron chi connectivity index (χ2n) is 4.86. The molecule has 0 saturated carbocycles. The van der Waals surface area contributed by atoms with Gasteiger partial charge in [-0.2, -0.15) is 0 Å². The smallest absolute Gasteiger partial charge is 0.315 e. The third-order valence-electron chi connectivity index (χ3n) is 2.97. The first-order valence-electron chi connectivity index (χ1n) is 5.82. The van der Waals surface area contributed by atoms with Crippen LogP contribution in [-0.2, 0) is 16.6 Å². The number of carboxylic acid groups (broad SMARTS) is 1. The number of halogens is 1. The Labute approximate surface area is 114 Å². The van der Waals surface area contributed by atoms with E-state index in [-0.39, 0.29) is 5.82 Å². The lowest BCUT2D eigenvalue weighted by Crippen LogP contribution is -2.28. The summed E-state index contributed by atoms with van der Waals surface area (Å²) < 4.78 is 13.1. The Morgan fingerprint density at radius 2 is 2.21 bits per heavy atom. The van der Waals surface area contributed by atoms with Gasteiger partial charge in [-0.15, -0.1) is 11.3 Å². The maximum Gasteiger partial charge on any atom is 0.315 e. The van der Waals surface area contributed by atoms with Gasteiger partial charge in [0.25, 0.3) is 0 Å². The van der Waals surface area contributed by atoms with Crippen molar-refractivity contribution in [2.24, 2.45) is 0 Å². The quantitative estimate of drug-likeness (QED) is 0.934. The largest absolute Gasteiger partial charge is 0.481 e. The van der Waals surface area contributed by atoms with Gasteiger partial charge in [0.2, 0.25) is 0 Å². The maximum atomic E-state index is 13.1. The zero-order chi connectivity index (χ0) is 14.0. The molecule has 100 valence electrons. The van der Waals surface area contributed by atoms with E-state index in [4.69, 9.17) is 5.11 Å². The Balaban J connectivity index is 2.20. The molecule has 2 aromatic rings. The van der Waals surface area contributed by atoms with Gasteiger partial charge in [-0.25, -0.2) is 9.37 Å². The molecule has 1 N–H and O–H groups in total. The molecular formula is C14H14FNO2S. The topological polar surface area (TPSA) is 50.2 Å². The highest BCUT2D eigenvalue weighted by Crippen LogP contribution is 2.26. The van der Waals surface area contributed by atoms with Crippen molar-refractivity contribution >= 4 is 17.3 Å². The molecule has 0 saturated heterocycles. The molecule has 19 heavy (non-hydrogen) atoms. The molecule has 0 aliphatic rings. The summed E-state index contributed by atoms with van der Waals surface area (Å²) in [6.07, 6.45) is 0.512. The van der Waals surface area contributed by atoms with Gasteiger partial charge < -0.3 is 5.11 Å². The molecule has 3 nitrogen and oxygen atoms in total. The fraction of sp³-hybridized carbons (Fsp3) is 0.286. The van der Waals surface area contributed by atoms with Gasteiger partial charge in [0.15, 0.2) is 0 Å².